The van der Waals surface area contributed by atoms with E-state index in [0.717, 1.165) is 30.4 Å². The van der Waals surface area contributed by atoms with E-state index in [2.05, 4.69) is 30.3 Å². The molecule has 0 unspecified atom stereocenters. The fourth-order valence-corrected chi connectivity index (χ4v) is 2.87. The molecule has 2 heterocycles. The molecule has 0 aliphatic rings. The molecule has 0 fully saturated rings. The Morgan fingerprint density at radius 1 is 1.44 bits per heavy atom. The van der Waals surface area contributed by atoms with E-state index < -0.39 is 0 Å². The number of nitrogens with zero attached hydrogens (tertiary/aromatic N) is 2. The molecule has 2 rings (SSSR count). The highest BCUT2D eigenvalue weighted by Gasteiger charge is 2.07. The second-order valence-corrected chi connectivity index (χ2v) is 6.10. The first-order valence-corrected chi connectivity index (χ1v) is 7.36. The Bertz CT molecular complexity index is 504. The summed E-state index contributed by atoms with van der Waals surface area (Å²) in [7, 11) is 0. The van der Waals surface area contributed by atoms with E-state index in [4.69, 9.17) is 11.6 Å². The summed E-state index contributed by atoms with van der Waals surface area (Å²) in [5.41, 5.74) is 2.49. The second kappa shape index (κ2) is 6.36. The maximum Gasteiger partial charge on any atom is 0.0931 e. The lowest BCUT2D eigenvalue weighted by Gasteiger charge is -2.05. The van der Waals surface area contributed by atoms with Gasteiger partial charge in [-0.25, -0.2) is 0 Å². The standard InChI is InChI=1S/C13H18ClN3S/c1-3-6-15-7-11-8-16-17(10(11)2)9-12-4-5-13(14)18-12/h4-5,8,15H,3,6-7,9H2,1-2H3. The number of rotatable bonds is 6. The van der Waals surface area contributed by atoms with Crippen molar-refractivity contribution in [3.05, 3.63) is 38.8 Å². The summed E-state index contributed by atoms with van der Waals surface area (Å²) in [6, 6.07) is 3.99. The molecule has 5 heteroatoms. The van der Waals surface area contributed by atoms with E-state index in [9.17, 15) is 0 Å². The molecule has 98 valence electrons. The average Bonchev–Trinajstić information content (AvgIpc) is 2.90. The molecule has 0 radical (unpaired) electrons. The van der Waals surface area contributed by atoms with Crippen LogP contribution >= 0.6 is 22.9 Å². The summed E-state index contributed by atoms with van der Waals surface area (Å²) in [4.78, 5) is 1.24. The number of nitrogens with one attached hydrogen (secondary N) is 1. The van der Waals surface area contributed by atoms with E-state index in [-0.39, 0.29) is 0 Å². The monoisotopic (exact) mass is 283 g/mol. The van der Waals surface area contributed by atoms with Gasteiger partial charge in [0, 0.05) is 22.7 Å². The minimum Gasteiger partial charge on any atom is -0.313 e. The predicted molar refractivity (Wildman–Crippen MR) is 77.4 cm³/mol. The van der Waals surface area contributed by atoms with Gasteiger partial charge in [-0.05, 0) is 32.0 Å². The van der Waals surface area contributed by atoms with Crippen LogP contribution in [0.25, 0.3) is 0 Å². The first-order chi connectivity index (χ1) is 8.70. The molecule has 0 amide bonds. The SMILES string of the molecule is CCCNCc1cnn(Cc2ccc(Cl)s2)c1C. The largest absolute Gasteiger partial charge is 0.313 e. The van der Waals surface area contributed by atoms with Gasteiger partial charge in [0.25, 0.3) is 0 Å². The van der Waals surface area contributed by atoms with Crippen molar-refractivity contribution in [3.8, 4) is 0 Å². The summed E-state index contributed by atoms with van der Waals surface area (Å²) in [6.07, 6.45) is 3.11. The minimum absolute atomic E-state index is 0.803. The normalized spacial score (nSPS) is 11.1. The van der Waals surface area contributed by atoms with E-state index in [0.29, 0.717) is 0 Å². The van der Waals surface area contributed by atoms with Gasteiger partial charge in [-0.15, -0.1) is 11.3 Å². The summed E-state index contributed by atoms with van der Waals surface area (Å²) in [5.74, 6) is 0. The van der Waals surface area contributed by atoms with Crippen LogP contribution < -0.4 is 5.32 Å². The summed E-state index contributed by atoms with van der Waals surface area (Å²) in [6.45, 7) is 7.03. The Balaban J connectivity index is 2.01. The van der Waals surface area contributed by atoms with Crippen molar-refractivity contribution in [3.63, 3.8) is 0 Å². The van der Waals surface area contributed by atoms with Crippen molar-refractivity contribution in [2.45, 2.75) is 33.4 Å². The highest BCUT2D eigenvalue weighted by molar-refractivity contribution is 7.16. The Labute approximate surface area is 117 Å². The highest BCUT2D eigenvalue weighted by Crippen LogP contribution is 2.22. The third-order valence-corrected chi connectivity index (χ3v) is 4.10. The van der Waals surface area contributed by atoms with Crippen molar-refractivity contribution in [1.82, 2.24) is 15.1 Å². The lowest BCUT2D eigenvalue weighted by atomic mass is 10.2. The van der Waals surface area contributed by atoms with Crippen LogP contribution in [-0.4, -0.2) is 16.3 Å². The van der Waals surface area contributed by atoms with Crippen molar-refractivity contribution in [2.75, 3.05) is 6.54 Å². The molecular weight excluding hydrogens is 266 g/mol. The van der Waals surface area contributed by atoms with Gasteiger partial charge < -0.3 is 5.32 Å². The molecule has 0 spiro atoms. The molecule has 1 N–H and O–H groups in total. The first kappa shape index (κ1) is 13.6. The highest BCUT2D eigenvalue weighted by atomic mass is 35.5. The van der Waals surface area contributed by atoms with Gasteiger partial charge >= 0.3 is 0 Å². The fourth-order valence-electron chi connectivity index (χ4n) is 1.80. The second-order valence-electron chi connectivity index (χ2n) is 4.30. The molecule has 18 heavy (non-hydrogen) atoms. The van der Waals surface area contributed by atoms with Crippen molar-refractivity contribution in [1.29, 1.82) is 0 Å². The summed E-state index contributed by atoms with van der Waals surface area (Å²) < 4.78 is 2.87. The Morgan fingerprint density at radius 2 is 2.28 bits per heavy atom. The van der Waals surface area contributed by atoms with Crippen LogP contribution in [0, 0.1) is 6.92 Å². The summed E-state index contributed by atoms with van der Waals surface area (Å²) >= 11 is 7.55. The maximum atomic E-state index is 5.93. The van der Waals surface area contributed by atoms with Crippen LogP contribution in [-0.2, 0) is 13.1 Å². The predicted octanol–water partition coefficient (Wildman–Crippen LogP) is 3.45. The average molecular weight is 284 g/mol. The van der Waals surface area contributed by atoms with E-state index in [1.807, 2.05) is 16.9 Å². The Kier molecular flexibility index (Phi) is 4.80. The molecule has 0 aliphatic carbocycles. The number of hydrogen-bond acceptors (Lipinski definition) is 3. The van der Waals surface area contributed by atoms with Crippen LogP contribution in [0.5, 0.6) is 0 Å². The molecule has 0 bridgehead atoms. The van der Waals surface area contributed by atoms with E-state index in [1.165, 1.54) is 16.1 Å². The third-order valence-electron chi connectivity index (χ3n) is 2.88. The number of aromatic nitrogens is 2. The van der Waals surface area contributed by atoms with Gasteiger partial charge in [-0.1, -0.05) is 18.5 Å². The maximum absolute atomic E-state index is 5.93. The van der Waals surface area contributed by atoms with Gasteiger partial charge in [-0.3, -0.25) is 4.68 Å². The zero-order valence-corrected chi connectivity index (χ0v) is 12.3. The summed E-state index contributed by atoms with van der Waals surface area (Å²) in [5, 5.41) is 7.84. The van der Waals surface area contributed by atoms with Crippen LogP contribution in [0.3, 0.4) is 0 Å². The minimum atomic E-state index is 0.803. The zero-order chi connectivity index (χ0) is 13.0. The third kappa shape index (κ3) is 3.34. The Hall–Kier alpha value is -0.840. The zero-order valence-electron chi connectivity index (χ0n) is 10.7. The molecular formula is C13H18ClN3S. The molecule has 2 aromatic rings. The quantitative estimate of drug-likeness (QED) is 0.823. The van der Waals surface area contributed by atoms with Crippen LogP contribution in [0.4, 0.5) is 0 Å². The van der Waals surface area contributed by atoms with Crippen LogP contribution in [0.15, 0.2) is 18.3 Å². The van der Waals surface area contributed by atoms with E-state index >= 15 is 0 Å². The van der Waals surface area contributed by atoms with Gasteiger partial charge in [0.15, 0.2) is 0 Å². The van der Waals surface area contributed by atoms with Crippen molar-refractivity contribution < 1.29 is 0 Å². The van der Waals surface area contributed by atoms with Gasteiger partial charge in [-0.2, -0.15) is 5.10 Å². The molecule has 0 aliphatic heterocycles. The smallest absolute Gasteiger partial charge is 0.0931 e. The van der Waals surface area contributed by atoms with E-state index in [1.54, 1.807) is 11.3 Å². The van der Waals surface area contributed by atoms with Gasteiger partial charge in [0.1, 0.15) is 0 Å². The van der Waals surface area contributed by atoms with Crippen molar-refractivity contribution in [2.24, 2.45) is 0 Å². The Morgan fingerprint density at radius 3 is 2.94 bits per heavy atom. The number of halogens is 1. The van der Waals surface area contributed by atoms with Crippen molar-refractivity contribution >= 4 is 22.9 Å². The first-order valence-electron chi connectivity index (χ1n) is 6.17. The molecule has 0 saturated carbocycles. The molecule has 0 aromatic carbocycles. The molecule has 3 nitrogen and oxygen atoms in total. The van der Waals surface area contributed by atoms with Crippen LogP contribution in [0.2, 0.25) is 4.34 Å². The topological polar surface area (TPSA) is 29.9 Å². The van der Waals surface area contributed by atoms with Gasteiger partial charge in [0.2, 0.25) is 0 Å². The lowest BCUT2D eigenvalue weighted by molar-refractivity contribution is 0.655. The van der Waals surface area contributed by atoms with Gasteiger partial charge in [0.05, 0.1) is 17.1 Å². The molecule has 0 atom stereocenters. The number of hydrogen-bond donors (Lipinski definition) is 1. The van der Waals surface area contributed by atoms with Crippen LogP contribution in [0.1, 0.15) is 29.5 Å². The molecule has 2 aromatic heterocycles. The lowest BCUT2D eigenvalue weighted by Crippen LogP contribution is -2.14. The fraction of sp³-hybridized carbons (Fsp3) is 0.462. The molecule has 0 saturated heterocycles. The number of thiophene rings is 1.